The normalized spacial score (nSPS) is 26.5. The van der Waals surface area contributed by atoms with E-state index in [9.17, 15) is 4.79 Å². The van der Waals surface area contributed by atoms with Crippen LogP contribution in [0.5, 0.6) is 0 Å². The second-order valence-corrected chi connectivity index (χ2v) is 6.59. The van der Waals surface area contributed by atoms with Gasteiger partial charge in [-0.3, -0.25) is 4.79 Å². The van der Waals surface area contributed by atoms with Gasteiger partial charge in [0.15, 0.2) is 5.78 Å². The summed E-state index contributed by atoms with van der Waals surface area (Å²) in [6.45, 7) is 4.60. The van der Waals surface area contributed by atoms with Crippen molar-refractivity contribution in [1.82, 2.24) is 0 Å². The Balaban J connectivity index is 1.91. The summed E-state index contributed by atoms with van der Waals surface area (Å²) in [6.07, 6.45) is 3.40. The average molecular weight is 315 g/mol. The minimum Gasteiger partial charge on any atom is -0.370 e. The van der Waals surface area contributed by atoms with Crippen LogP contribution in [0.4, 0.5) is 0 Å². The van der Waals surface area contributed by atoms with E-state index in [2.05, 4.69) is 13.8 Å². The van der Waals surface area contributed by atoms with E-state index in [1.165, 1.54) is 0 Å². The first-order valence-electron chi connectivity index (χ1n) is 7.07. The number of hydrogen-bond donors (Lipinski definition) is 0. The second-order valence-electron chi connectivity index (χ2n) is 5.75. The molecule has 0 radical (unpaired) electrons. The number of ether oxygens (including phenoxy) is 1. The third kappa shape index (κ3) is 3.97. The van der Waals surface area contributed by atoms with E-state index in [1.54, 1.807) is 18.2 Å². The van der Waals surface area contributed by atoms with Gasteiger partial charge in [-0.15, -0.1) is 0 Å². The summed E-state index contributed by atoms with van der Waals surface area (Å²) in [4.78, 5) is 12.1. The molecule has 4 heteroatoms. The van der Waals surface area contributed by atoms with Gasteiger partial charge in [0.2, 0.25) is 0 Å². The number of carbonyl (C=O) groups is 1. The predicted octanol–water partition coefficient (Wildman–Crippen LogP) is 5.02. The Labute approximate surface area is 130 Å². The maximum absolute atomic E-state index is 12.1. The molecule has 1 aromatic rings. The van der Waals surface area contributed by atoms with E-state index < -0.39 is 0 Å². The monoisotopic (exact) mass is 314 g/mol. The molecule has 0 bridgehead atoms. The van der Waals surface area contributed by atoms with Gasteiger partial charge in [0.25, 0.3) is 0 Å². The molecule has 0 aliphatic heterocycles. The highest BCUT2D eigenvalue weighted by molar-refractivity contribution is 6.35. The van der Waals surface area contributed by atoms with E-state index in [1.807, 2.05) is 0 Å². The second kappa shape index (κ2) is 6.93. The van der Waals surface area contributed by atoms with Crippen LogP contribution < -0.4 is 0 Å². The first-order chi connectivity index (χ1) is 9.47. The van der Waals surface area contributed by atoms with Gasteiger partial charge in [0, 0.05) is 10.6 Å². The van der Waals surface area contributed by atoms with Crippen LogP contribution in [0.2, 0.25) is 10.0 Å². The molecule has 110 valence electrons. The van der Waals surface area contributed by atoms with Crippen molar-refractivity contribution in [1.29, 1.82) is 0 Å². The highest BCUT2D eigenvalue weighted by Gasteiger charge is 2.25. The molecule has 1 saturated carbocycles. The number of rotatable bonds is 4. The first kappa shape index (κ1) is 15.8. The number of carbonyl (C=O) groups excluding carboxylic acids is 1. The van der Waals surface area contributed by atoms with Crippen LogP contribution in [0, 0.1) is 11.8 Å². The van der Waals surface area contributed by atoms with E-state index in [4.69, 9.17) is 27.9 Å². The Morgan fingerprint density at radius 1 is 1.25 bits per heavy atom. The minimum atomic E-state index is -0.108. The van der Waals surface area contributed by atoms with Gasteiger partial charge in [0.1, 0.15) is 6.61 Å². The summed E-state index contributed by atoms with van der Waals surface area (Å²) in [7, 11) is 0. The number of ketones is 1. The Hall–Kier alpha value is -0.570. The largest absolute Gasteiger partial charge is 0.370 e. The fraction of sp³-hybridized carbons (Fsp3) is 0.562. The van der Waals surface area contributed by atoms with Gasteiger partial charge < -0.3 is 4.74 Å². The summed E-state index contributed by atoms with van der Waals surface area (Å²) in [6, 6.07) is 4.91. The van der Waals surface area contributed by atoms with Crippen LogP contribution in [0.25, 0.3) is 0 Å². The number of Topliss-reactive ketones (excluding diaryl/α,β-unsaturated/α-hetero) is 1. The summed E-state index contributed by atoms with van der Waals surface area (Å²) in [5.74, 6) is 1.29. The third-order valence-electron chi connectivity index (χ3n) is 4.23. The molecule has 2 nitrogen and oxygen atoms in total. The summed E-state index contributed by atoms with van der Waals surface area (Å²) >= 11 is 11.9. The lowest BCUT2D eigenvalue weighted by Crippen LogP contribution is -2.28. The van der Waals surface area contributed by atoms with Gasteiger partial charge in [-0.05, 0) is 49.3 Å². The van der Waals surface area contributed by atoms with Gasteiger partial charge in [-0.2, -0.15) is 0 Å². The van der Waals surface area contributed by atoms with Crippen molar-refractivity contribution in [3.8, 4) is 0 Å². The van der Waals surface area contributed by atoms with Gasteiger partial charge in [-0.1, -0.05) is 37.0 Å². The molecule has 0 saturated heterocycles. The van der Waals surface area contributed by atoms with Gasteiger partial charge >= 0.3 is 0 Å². The van der Waals surface area contributed by atoms with E-state index in [0.717, 1.165) is 25.2 Å². The Morgan fingerprint density at radius 2 is 2.00 bits per heavy atom. The number of hydrogen-bond acceptors (Lipinski definition) is 2. The SMILES string of the molecule is CC1CCC(OCC(=O)c2cc(Cl)ccc2Cl)CC1C. The van der Waals surface area contributed by atoms with E-state index in [0.29, 0.717) is 21.5 Å². The van der Waals surface area contributed by atoms with Crippen LogP contribution in [0.15, 0.2) is 18.2 Å². The average Bonchev–Trinajstić information content (AvgIpc) is 2.42. The molecule has 2 rings (SSSR count). The van der Waals surface area contributed by atoms with Crippen molar-refractivity contribution >= 4 is 29.0 Å². The maximum Gasteiger partial charge on any atom is 0.190 e. The molecule has 3 atom stereocenters. The molecule has 3 unspecified atom stereocenters. The molecule has 0 amide bonds. The van der Waals surface area contributed by atoms with Gasteiger partial charge in [0.05, 0.1) is 11.1 Å². The topological polar surface area (TPSA) is 26.3 Å². The van der Waals surface area contributed by atoms with Crippen LogP contribution in [0.1, 0.15) is 43.5 Å². The van der Waals surface area contributed by atoms with E-state index >= 15 is 0 Å². The molecule has 0 aromatic heterocycles. The van der Waals surface area contributed by atoms with Crippen molar-refractivity contribution in [2.75, 3.05) is 6.61 Å². The van der Waals surface area contributed by atoms with Crippen molar-refractivity contribution < 1.29 is 9.53 Å². The lowest BCUT2D eigenvalue weighted by molar-refractivity contribution is 0.00708. The van der Waals surface area contributed by atoms with Crippen molar-refractivity contribution in [2.24, 2.45) is 11.8 Å². The lowest BCUT2D eigenvalue weighted by atomic mass is 9.80. The Morgan fingerprint density at radius 3 is 2.70 bits per heavy atom. The smallest absolute Gasteiger partial charge is 0.190 e. The molecule has 20 heavy (non-hydrogen) atoms. The third-order valence-corrected chi connectivity index (χ3v) is 4.79. The van der Waals surface area contributed by atoms with Crippen LogP contribution in [0.3, 0.4) is 0 Å². The molecule has 1 aliphatic rings. The summed E-state index contributed by atoms with van der Waals surface area (Å²) in [5, 5.41) is 0.937. The van der Waals surface area contributed by atoms with Crippen LogP contribution in [-0.2, 0) is 4.74 Å². The number of benzene rings is 1. The summed E-state index contributed by atoms with van der Waals surface area (Å²) in [5.41, 5.74) is 0.441. The molecule has 1 aliphatic carbocycles. The fourth-order valence-electron chi connectivity index (χ4n) is 2.63. The minimum absolute atomic E-state index is 0.0752. The van der Waals surface area contributed by atoms with Crippen molar-refractivity contribution in [3.05, 3.63) is 33.8 Å². The zero-order valence-corrected chi connectivity index (χ0v) is 13.4. The molecular weight excluding hydrogens is 295 g/mol. The molecule has 1 aromatic carbocycles. The van der Waals surface area contributed by atoms with E-state index in [-0.39, 0.29) is 18.5 Å². The van der Waals surface area contributed by atoms with Crippen LogP contribution in [-0.4, -0.2) is 18.5 Å². The van der Waals surface area contributed by atoms with Crippen molar-refractivity contribution in [3.63, 3.8) is 0 Å². The highest BCUT2D eigenvalue weighted by atomic mass is 35.5. The molecule has 0 heterocycles. The maximum atomic E-state index is 12.1. The molecular formula is C16H20Cl2O2. The predicted molar refractivity (Wildman–Crippen MR) is 82.7 cm³/mol. The zero-order valence-electron chi connectivity index (χ0n) is 11.9. The Kier molecular flexibility index (Phi) is 5.48. The first-order valence-corrected chi connectivity index (χ1v) is 7.83. The van der Waals surface area contributed by atoms with Gasteiger partial charge in [-0.25, -0.2) is 0 Å². The highest BCUT2D eigenvalue weighted by Crippen LogP contribution is 2.31. The standard InChI is InChI=1S/C16H20Cl2O2/c1-10-3-5-13(7-11(10)2)20-9-16(19)14-8-12(17)4-6-15(14)18/h4,6,8,10-11,13H,3,5,7,9H2,1-2H3. The molecule has 0 spiro atoms. The summed E-state index contributed by atoms with van der Waals surface area (Å²) < 4.78 is 5.76. The Bertz CT molecular complexity index is 487. The molecule has 1 fully saturated rings. The fourth-order valence-corrected chi connectivity index (χ4v) is 3.03. The van der Waals surface area contributed by atoms with Crippen LogP contribution >= 0.6 is 23.2 Å². The zero-order chi connectivity index (χ0) is 14.7. The number of halogens is 2. The lowest BCUT2D eigenvalue weighted by Gasteiger charge is -2.31. The van der Waals surface area contributed by atoms with Crippen molar-refractivity contribution in [2.45, 2.75) is 39.2 Å². The quantitative estimate of drug-likeness (QED) is 0.729. The molecule has 0 N–H and O–H groups in total.